The lowest BCUT2D eigenvalue weighted by Gasteiger charge is -2.03. The minimum Gasteiger partial charge on any atom is -0.465 e. The Bertz CT molecular complexity index is 545. The van der Waals surface area contributed by atoms with Crippen molar-refractivity contribution in [2.45, 2.75) is 13.5 Å². The van der Waals surface area contributed by atoms with Crippen LogP contribution in [0.3, 0.4) is 0 Å². The van der Waals surface area contributed by atoms with Crippen LogP contribution in [0.2, 0.25) is 0 Å². The van der Waals surface area contributed by atoms with E-state index in [2.05, 4.69) is 4.98 Å². The first kappa shape index (κ1) is 10.9. The van der Waals surface area contributed by atoms with E-state index in [-0.39, 0.29) is 5.56 Å². The fraction of sp³-hybridized carbons (Fsp3) is 0.273. The number of hydrogen-bond donors (Lipinski definition) is 0. The first-order valence-corrected chi connectivity index (χ1v) is 5.73. The molecule has 2 aromatic heterocycles. The van der Waals surface area contributed by atoms with E-state index in [1.165, 1.54) is 22.0 Å². The van der Waals surface area contributed by atoms with E-state index in [0.29, 0.717) is 11.8 Å². The number of aromatic nitrogens is 2. The molecule has 0 N–H and O–H groups in total. The molecular formula is C11H12N2O2S. The predicted molar refractivity (Wildman–Crippen MR) is 62.9 cm³/mol. The van der Waals surface area contributed by atoms with Crippen molar-refractivity contribution in [1.82, 2.24) is 9.55 Å². The summed E-state index contributed by atoms with van der Waals surface area (Å²) >= 11 is 1.47. The molecule has 0 bridgehead atoms. The van der Waals surface area contributed by atoms with E-state index >= 15 is 0 Å². The van der Waals surface area contributed by atoms with Crippen LogP contribution in [0.1, 0.15) is 11.3 Å². The van der Waals surface area contributed by atoms with Gasteiger partial charge in [0.05, 0.1) is 5.69 Å². The van der Waals surface area contributed by atoms with Gasteiger partial charge < -0.3 is 9.30 Å². The second kappa shape index (κ2) is 4.49. The smallest absolute Gasteiger partial charge is 0.273 e. The summed E-state index contributed by atoms with van der Waals surface area (Å²) in [6.45, 7) is 2.36. The van der Waals surface area contributed by atoms with E-state index in [4.69, 9.17) is 4.74 Å². The van der Waals surface area contributed by atoms with Crippen LogP contribution in [0, 0.1) is 6.92 Å². The van der Waals surface area contributed by atoms with E-state index < -0.39 is 0 Å². The fourth-order valence-electron chi connectivity index (χ4n) is 1.28. The van der Waals surface area contributed by atoms with Crippen LogP contribution in [-0.2, 0) is 13.7 Å². The molecule has 0 aliphatic heterocycles. The van der Waals surface area contributed by atoms with E-state index in [9.17, 15) is 4.79 Å². The Labute approximate surface area is 97.1 Å². The Kier molecular flexibility index (Phi) is 3.05. The third kappa shape index (κ3) is 2.49. The third-order valence-corrected chi connectivity index (χ3v) is 2.98. The Hall–Kier alpha value is -1.62. The van der Waals surface area contributed by atoms with Crippen LogP contribution >= 0.6 is 11.3 Å². The summed E-state index contributed by atoms with van der Waals surface area (Å²) in [5.74, 6) is 0. The van der Waals surface area contributed by atoms with Gasteiger partial charge in [-0.3, -0.25) is 4.79 Å². The van der Waals surface area contributed by atoms with Gasteiger partial charge in [-0.2, -0.15) is 0 Å². The second-order valence-corrected chi connectivity index (χ2v) is 4.35. The van der Waals surface area contributed by atoms with Crippen molar-refractivity contribution in [1.29, 1.82) is 0 Å². The molecule has 0 aromatic carbocycles. The monoisotopic (exact) mass is 236 g/mol. The van der Waals surface area contributed by atoms with Crippen molar-refractivity contribution in [3.63, 3.8) is 0 Å². The molecule has 4 nitrogen and oxygen atoms in total. The van der Waals surface area contributed by atoms with Gasteiger partial charge in [0.15, 0.2) is 0 Å². The Balaban J connectivity index is 2.05. The lowest BCUT2D eigenvalue weighted by atomic mass is 10.3. The van der Waals surface area contributed by atoms with Crippen molar-refractivity contribution >= 4 is 11.3 Å². The molecule has 0 saturated heterocycles. The first-order valence-electron chi connectivity index (χ1n) is 4.85. The van der Waals surface area contributed by atoms with Crippen LogP contribution in [0.15, 0.2) is 28.5 Å². The number of nitrogens with zero attached hydrogens (tertiary/aromatic N) is 2. The second-order valence-electron chi connectivity index (χ2n) is 3.53. The molecule has 5 heteroatoms. The molecule has 0 aliphatic rings. The third-order valence-electron chi connectivity index (χ3n) is 2.11. The lowest BCUT2D eigenvalue weighted by molar-refractivity contribution is 0.303. The summed E-state index contributed by atoms with van der Waals surface area (Å²) in [6.07, 6.45) is 1.77. The molecule has 0 fully saturated rings. The lowest BCUT2D eigenvalue weighted by Crippen LogP contribution is -2.15. The number of thiazole rings is 1. The zero-order valence-corrected chi connectivity index (χ0v) is 9.95. The molecule has 0 aliphatic carbocycles. The largest absolute Gasteiger partial charge is 0.465 e. The maximum absolute atomic E-state index is 11.2. The average molecular weight is 236 g/mol. The zero-order valence-electron chi connectivity index (χ0n) is 9.14. The van der Waals surface area contributed by atoms with E-state index in [1.807, 2.05) is 12.3 Å². The highest BCUT2D eigenvalue weighted by molar-refractivity contribution is 7.11. The Morgan fingerprint density at radius 2 is 2.31 bits per heavy atom. The van der Waals surface area contributed by atoms with Crippen LogP contribution in [0.5, 0.6) is 5.19 Å². The molecule has 2 heterocycles. The minimum absolute atomic E-state index is 0.0196. The van der Waals surface area contributed by atoms with Gasteiger partial charge in [0.1, 0.15) is 6.61 Å². The van der Waals surface area contributed by atoms with Gasteiger partial charge in [0.25, 0.3) is 5.19 Å². The van der Waals surface area contributed by atoms with Crippen molar-refractivity contribution in [2.24, 2.45) is 7.05 Å². The Morgan fingerprint density at radius 3 is 2.94 bits per heavy atom. The van der Waals surface area contributed by atoms with Crippen LogP contribution in [0.4, 0.5) is 0 Å². The molecule has 0 unspecified atom stereocenters. The predicted octanol–water partition coefficient (Wildman–Crippen LogP) is 1.73. The van der Waals surface area contributed by atoms with Crippen molar-refractivity contribution in [2.75, 3.05) is 0 Å². The van der Waals surface area contributed by atoms with Crippen molar-refractivity contribution < 1.29 is 4.74 Å². The standard InChI is InChI=1S/C11H12N2O2S/c1-8-7-16-11(12-8)15-6-9-3-4-10(14)13(2)5-9/h3-5,7H,6H2,1-2H3. The summed E-state index contributed by atoms with van der Waals surface area (Å²) in [5, 5.41) is 2.60. The highest BCUT2D eigenvalue weighted by Gasteiger charge is 2.01. The van der Waals surface area contributed by atoms with Gasteiger partial charge in [0.2, 0.25) is 5.56 Å². The molecular weight excluding hydrogens is 224 g/mol. The molecule has 16 heavy (non-hydrogen) atoms. The average Bonchev–Trinajstić information content (AvgIpc) is 2.66. The van der Waals surface area contributed by atoms with Crippen LogP contribution < -0.4 is 10.3 Å². The van der Waals surface area contributed by atoms with Gasteiger partial charge in [0, 0.05) is 30.3 Å². The molecule has 84 valence electrons. The van der Waals surface area contributed by atoms with Gasteiger partial charge in [-0.15, -0.1) is 0 Å². The van der Waals surface area contributed by atoms with Crippen LogP contribution in [-0.4, -0.2) is 9.55 Å². The number of rotatable bonds is 3. The van der Waals surface area contributed by atoms with Crippen LogP contribution in [0.25, 0.3) is 0 Å². The van der Waals surface area contributed by atoms with Crippen molar-refractivity contribution in [3.05, 3.63) is 45.3 Å². The molecule has 2 aromatic rings. The fourth-order valence-corrected chi connectivity index (χ4v) is 1.93. The highest BCUT2D eigenvalue weighted by atomic mass is 32.1. The SMILES string of the molecule is Cc1csc(OCc2ccc(=O)n(C)c2)n1. The summed E-state index contributed by atoms with van der Waals surface area (Å²) in [5.41, 5.74) is 1.89. The van der Waals surface area contributed by atoms with Gasteiger partial charge in [-0.25, -0.2) is 4.98 Å². The van der Waals surface area contributed by atoms with Gasteiger partial charge in [-0.1, -0.05) is 11.3 Å². The minimum atomic E-state index is -0.0196. The number of pyridine rings is 1. The quantitative estimate of drug-likeness (QED) is 0.815. The molecule has 2 rings (SSSR count). The molecule has 0 saturated carbocycles. The Morgan fingerprint density at radius 1 is 1.50 bits per heavy atom. The van der Waals surface area contributed by atoms with Crippen molar-refractivity contribution in [3.8, 4) is 5.19 Å². The number of hydrogen-bond acceptors (Lipinski definition) is 4. The van der Waals surface area contributed by atoms with Gasteiger partial charge >= 0.3 is 0 Å². The van der Waals surface area contributed by atoms with E-state index in [0.717, 1.165) is 11.3 Å². The normalized spacial score (nSPS) is 10.4. The summed E-state index contributed by atoms with van der Waals surface area (Å²) in [6, 6.07) is 3.30. The van der Waals surface area contributed by atoms with E-state index in [1.54, 1.807) is 19.3 Å². The number of aryl methyl sites for hydroxylation is 2. The maximum Gasteiger partial charge on any atom is 0.273 e. The topological polar surface area (TPSA) is 44.1 Å². The molecule has 0 amide bonds. The summed E-state index contributed by atoms with van der Waals surface area (Å²) in [7, 11) is 1.72. The highest BCUT2D eigenvalue weighted by Crippen LogP contribution is 2.18. The number of ether oxygens (including phenoxy) is 1. The first-order chi connectivity index (χ1) is 7.65. The summed E-state index contributed by atoms with van der Waals surface area (Å²) in [4.78, 5) is 15.4. The van der Waals surface area contributed by atoms with Gasteiger partial charge in [-0.05, 0) is 13.0 Å². The molecule has 0 atom stereocenters. The maximum atomic E-state index is 11.2. The summed E-state index contributed by atoms with van der Waals surface area (Å²) < 4.78 is 7.03. The zero-order chi connectivity index (χ0) is 11.5. The molecule has 0 spiro atoms. The molecule has 0 radical (unpaired) electrons.